The van der Waals surface area contributed by atoms with Gasteiger partial charge < -0.3 is 15.1 Å². The molecule has 1 unspecified atom stereocenters. The molecule has 140 valence electrons. The molecule has 1 spiro atoms. The molecule has 1 atom stereocenters. The second kappa shape index (κ2) is 6.33. The Hall–Kier alpha value is -1.89. The lowest BCUT2D eigenvalue weighted by Gasteiger charge is -2.51. The van der Waals surface area contributed by atoms with Crippen LogP contribution in [0.5, 0.6) is 5.75 Å². The Balaban J connectivity index is 1.58. The van der Waals surface area contributed by atoms with Gasteiger partial charge in [-0.2, -0.15) is 5.01 Å². The molecule has 3 heterocycles. The number of nitrogens with one attached hydrogen (secondary N) is 1. The van der Waals surface area contributed by atoms with Crippen LogP contribution in [0.3, 0.4) is 0 Å². The predicted octanol–water partition coefficient (Wildman–Crippen LogP) is 4.30. The van der Waals surface area contributed by atoms with E-state index >= 15 is 0 Å². The number of ether oxygens (including phenoxy) is 1. The summed E-state index contributed by atoms with van der Waals surface area (Å²) < 4.78 is 21.0. The fourth-order valence-corrected chi connectivity index (χ4v) is 4.63. The van der Waals surface area contributed by atoms with Gasteiger partial charge in [-0.25, -0.2) is 4.39 Å². The van der Waals surface area contributed by atoms with Crippen molar-refractivity contribution in [1.29, 1.82) is 0 Å². The summed E-state index contributed by atoms with van der Waals surface area (Å²) in [5.41, 5.74) is 6.31. The topological polar surface area (TPSA) is 27.7 Å². The largest absolute Gasteiger partial charge is 0.470 e. The Bertz CT molecular complexity index is 906. The van der Waals surface area contributed by atoms with Gasteiger partial charge in [-0.15, -0.1) is 0 Å². The Labute approximate surface area is 166 Å². The van der Waals surface area contributed by atoms with E-state index in [4.69, 9.17) is 4.74 Å². The van der Waals surface area contributed by atoms with Gasteiger partial charge in [0.2, 0.25) is 0 Å². The van der Waals surface area contributed by atoms with Crippen molar-refractivity contribution in [3.8, 4) is 5.75 Å². The van der Waals surface area contributed by atoms with E-state index in [1.807, 2.05) is 18.2 Å². The highest BCUT2D eigenvalue weighted by molar-refractivity contribution is 9.10. The molecule has 0 saturated carbocycles. The summed E-state index contributed by atoms with van der Waals surface area (Å²) in [7, 11) is 2.15. The quantitative estimate of drug-likeness (QED) is 0.730. The molecule has 1 fully saturated rings. The summed E-state index contributed by atoms with van der Waals surface area (Å²) in [6.45, 7) is 1.98. The van der Waals surface area contributed by atoms with Crippen molar-refractivity contribution in [3.63, 3.8) is 0 Å². The van der Waals surface area contributed by atoms with E-state index in [0.717, 1.165) is 53.0 Å². The van der Waals surface area contributed by atoms with E-state index in [2.05, 4.69) is 56.5 Å². The number of hydrazine groups is 1. The first-order valence-electron chi connectivity index (χ1n) is 9.25. The predicted molar refractivity (Wildman–Crippen MR) is 106 cm³/mol. The molecule has 5 rings (SSSR count). The van der Waals surface area contributed by atoms with Crippen LogP contribution in [0.4, 0.5) is 4.39 Å². The van der Waals surface area contributed by atoms with Crippen molar-refractivity contribution in [2.45, 2.75) is 24.6 Å². The fraction of sp³-hybridized carbons (Fsp3) is 0.333. The maximum atomic E-state index is 13.4. The molecule has 6 heteroatoms. The Morgan fingerprint density at radius 2 is 1.89 bits per heavy atom. The minimum absolute atomic E-state index is 0.0784. The summed E-state index contributed by atoms with van der Waals surface area (Å²) in [6.07, 6.45) is 4.07. The first-order chi connectivity index (χ1) is 13.0. The molecule has 1 saturated heterocycles. The van der Waals surface area contributed by atoms with Crippen LogP contribution in [0.1, 0.15) is 30.0 Å². The minimum Gasteiger partial charge on any atom is -0.470 e. The SMILES string of the molecule is CN1CCC2(CC1)Oc1ccc(Br)cc1C1C=C(c3ccc(F)cc3)NN12. The van der Waals surface area contributed by atoms with E-state index in [0.29, 0.717) is 0 Å². The highest BCUT2D eigenvalue weighted by atomic mass is 79.9. The maximum Gasteiger partial charge on any atom is 0.182 e. The number of hydrogen-bond donors (Lipinski definition) is 1. The lowest BCUT2D eigenvalue weighted by atomic mass is 9.93. The van der Waals surface area contributed by atoms with Crippen molar-refractivity contribution >= 4 is 21.6 Å². The molecule has 0 aliphatic carbocycles. The van der Waals surface area contributed by atoms with Crippen LogP contribution in [0, 0.1) is 5.82 Å². The summed E-state index contributed by atoms with van der Waals surface area (Å²) in [5.74, 6) is 0.724. The van der Waals surface area contributed by atoms with Gasteiger partial charge in [-0.05, 0) is 61.2 Å². The second-order valence-corrected chi connectivity index (χ2v) is 8.46. The van der Waals surface area contributed by atoms with Crippen molar-refractivity contribution in [2.75, 3.05) is 20.1 Å². The van der Waals surface area contributed by atoms with Crippen LogP contribution in [0.15, 0.2) is 53.0 Å². The van der Waals surface area contributed by atoms with Gasteiger partial charge in [0.1, 0.15) is 11.6 Å². The highest BCUT2D eigenvalue weighted by Crippen LogP contribution is 2.48. The van der Waals surface area contributed by atoms with Gasteiger partial charge >= 0.3 is 0 Å². The minimum atomic E-state index is -0.379. The summed E-state index contributed by atoms with van der Waals surface area (Å²) in [4.78, 5) is 2.34. The first kappa shape index (κ1) is 17.2. The molecule has 0 radical (unpaired) electrons. The smallest absolute Gasteiger partial charge is 0.182 e. The monoisotopic (exact) mass is 429 g/mol. The lowest BCUT2D eigenvalue weighted by Crippen LogP contribution is -2.63. The molecule has 2 aromatic rings. The first-order valence-corrected chi connectivity index (χ1v) is 10.0. The molecule has 3 aliphatic rings. The molecular weight excluding hydrogens is 409 g/mol. The van der Waals surface area contributed by atoms with E-state index in [9.17, 15) is 4.39 Å². The van der Waals surface area contributed by atoms with Gasteiger partial charge in [-0.3, -0.25) is 0 Å². The Morgan fingerprint density at radius 1 is 1.15 bits per heavy atom. The third-order valence-electron chi connectivity index (χ3n) is 5.80. The molecule has 0 amide bonds. The molecule has 3 aliphatic heterocycles. The van der Waals surface area contributed by atoms with Crippen LogP contribution in [0.25, 0.3) is 5.70 Å². The number of hydrogen-bond acceptors (Lipinski definition) is 4. The molecule has 27 heavy (non-hydrogen) atoms. The maximum absolute atomic E-state index is 13.4. The van der Waals surface area contributed by atoms with Crippen molar-refractivity contribution in [3.05, 3.63) is 70.0 Å². The molecule has 0 aromatic heterocycles. The number of fused-ring (bicyclic) bond motifs is 4. The summed E-state index contributed by atoms with van der Waals surface area (Å²) >= 11 is 3.59. The van der Waals surface area contributed by atoms with E-state index in [1.165, 1.54) is 12.1 Å². The molecular formula is C21H21BrFN3O. The standard InChI is InChI=1S/C21H21BrFN3O/c1-25-10-8-21(9-11-25)26-19(17-12-15(22)4-7-20(17)27-21)13-18(24-26)14-2-5-16(23)6-3-14/h2-7,12-13,19,24H,8-11H2,1H3. The van der Waals surface area contributed by atoms with E-state index in [1.54, 1.807) is 0 Å². The van der Waals surface area contributed by atoms with Crippen LogP contribution < -0.4 is 10.2 Å². The van der Waals surface area contributed by atoms with Crippen molar-refractivity contribution < 1.29 is 9.13 Å². The highest BCUT2D eigenvalue weighted by Gasteiger charge is 2.51. The molecule has 4 nitrogen and oxygen atoms in total. The van der Waals surface area contributed by atoms with Crippen LogP contribution >= 0.6 is 15.9 Å². The van der Waals surface area contributed by atoms with Crippen molar-refractivity contribution in [2.24, 2.45) is 0 Å². The molecule has 0 bridgehead atoms. The number of piperidine rings is 1. The second-order valence-electron chi connectivity index (χ2n) is 7.55. The van der Waals surface area contributed by atoms with Gasteiger partial charge in [0, 0.05) is 36.0 Å². The van der Waals surface area contributed by atoms with Gasteiger partial charge in [-0.1, -0.05) is 15.9 Å². The van der Waals surface area contributed by atoms with Crippen molar-refractivity contribution in [1.82, 2.24) is 15.3 Å². The van der Waals surface area contributed by atoms with Crippen LogP contribution in [-0.2, 0) is 0 Å². The average molecular weight is 430 g/mol. The summed E-state index contributed by atoms with van der Waals surface area (Å²) in [5, 5.41) is 2.26. The molecule has 2 aromatic carbocycles. The Kier molecular flexibility index (Phi) is 4.04. The zero-order chi connectivity index (χ0) is 18.6. The van der Waals surface area contributed by atoms with Crippen LogP contribution in [0.2, 0.25) is 0 Å². The zero-order valence-corrected chi connectivity index (χ0v) is 16.7. The lowest BCUT2D eigenvalue weighted by molar-refractivity contribution is -0.157. The average Bonchev–Trinajstić information content (AvgIpc) is 3.12. The van der Waals surface area contributed by atoms with Gasteiger partial charge in [0.05, 0.1) is 11.7 Å². The number of likely N-dealkylation sites (tertiary alicyclic amines) is 1. The van der Waals surface area contributed by atoms with E-state index < -0.39 is 0 Å². The van der Waals surface area contributed by atoms with Crippen LogP contribution in [-0.4, -0.2) is 35.8 Å². The molecule has 1 N–H and O–H groups in total. The van der Waals surface area contributed by atoms with Gasteiger partial charge in [0.15, 0.2) is 5.72 Å². The number of rotatable bonds is 1. The third-order valence-corrected chi connectivity index (χ3v) is 6.29. The van der Waals surface area contributed by atoms with Gasteiger partial charge in [0.25, 0.3) is 0 Å². The summed E-state index contributed by atoms with van der Waals surface area (Å²) in [6, 6.07) is 12.9. The number of benzene rings is 2. The number of nitrogens with zero attached hydrogens (tertiary/aromatic N) is 2. The van der Waals surface area contributed by atoms with E-state index in [-0.39, 0.29) is 17.6 Å². The third kappa shape index (κ3) is 2.87. The zero-order valence-electron chi connectivity index (χ0n) is 15.1. The fourth-order valence-electron chi connectivity index (χ4n) is 4.25. The normalized spacial score (nSPS) is 24.0. The number of halogens is 2. The Morgan fingerprint density at radius 3 is 2.63 bits per heavy atom.